The van der Waals surface area contributed by atoms with E-state index in [4.69, 9.17) is 9.84 Å². The molecule has 15 heavy (non-hydrogen) atoms. The predicted octanol–water partition coefficient (Wildman–Crippen LogP) is 2.63. The minimum absolute atomic E-state index is 0.531. The molecule has 0 fully saturated rings. The van der Waals surface area contributed by atoms with Crippen molar-refractivity contribution in [1.29, 1.82) is 0 Å². The van der Waals surface area contributed by atoms with Gasteiger partial charge in [0, 0.05) is 0 Å². The van der Waals surface area contributed by atoms with E-state index in [0.29, 0.717) is 12.2 Å². The van der Waals surface area contributed by atoms with Crippen molar-refractivity contribution in [2.45, 2.75) is 32.8 Å². The summed E-state index contributed by atoms with van der Waals surface area (Å²) in [7, 11) is 0. The first-order chi connectivity index (χ1) is 7.13. The number of aliphatic carboxylic acids is 1. The van der Waals surface area contributed by atoms with Crippen LogP contribution in [-0.4, -0.2) is 17.2 Å². The first-order valence-corrected chi connectivity index (χ1v) is 5.09. The van der Waals surface area contributed by atoms with Crippen LogP contribution in [0.5, 0.6) is 5.75 Å². The van der Waals surface area contributed by atoms with Crippen LogP contribution in [0.2, 0.25) is 0 Å². The predicted molar refractivity (Wildman–Crippen MR) is 58.1 cm³/mol. The molecule has 0 aliphatic carbocycles. The van der Waals surface area contributed by atoms with Crippen molar-refractivity contribution in [1.82, 2.24) is 0 Å². The lowest BCUT2D eigenvalue weighted by Crippen LogP contribution is -2.26. The number of hydrogen-bond donors (Lipinski definition) is 1. The van der Waals surface area contributed by atoms with Crippen LogP contribution < -0.4 is 4.74 Å². The highest BCUT2D eigenvalue weighted by molar-refractivity contribution is 5.72. The molecule has 1 N–H and O–H groups in total. The van der Waals surface area contributed by atoms with E-state index >= 15 is 0 Å². The van der Waals surface area contributed by atoms with Crippen molar-refractivity contribution >= 4 is 5.97 Å². The fourth-order valence-corrected chi connectivity index (χ4v) is 1.28. The number of ether oxygens (including phenoxy) is 1. The summed E-state index contributed by atoms with van der Waals surface area (Å²) in [5, 5.41) is 8.90. The van der Waals surface area contributed by atoms with E-state index in [-0.39, 0.29) is 0 Å². The van der Waals surface area contributed by atoms with E-state index in [2.05, 4.69) is 0 Å². The number of aryl methyl sites for hydroxylation is 1. The van der Waals surface area contributed by atoms with Crippen LogP contribution in [-0.2, 0) is 4.79 Å². The van der Waals surface area contributed by atoms with Gasteiger partial charge in [0.05, 0.1) is 0 Å². The number of benzene rings is 1. The summed E-state index contributed by atoms with van der Waals surface area (Å²) in [6.45, 7) is 3.92. The van der Waals surface area contributed by atoms with Crippen molar-refractivity contribution in [3.8, 4) is 5.75 Å². The summed E-state index contributed by atoms with van der Waals surface area (Å²) in [6, 6.07) is 7.39. The van der Waals surface area contributed by atoms with Crippen molar-refractivity contribution < 1.29 is 14.6 Å². The molecule has 0 aliphatic heterocycles. The standard InChI is InChI=1S/C12H16O3/c1-3-4-11(12(13)14)15-10-7-5-9(2)6-8-10/h5-8,11H,3-4H2,1-2H3,(H,13,14). The summed E-state index contributed by atoms with van der Waals surface area (Å²) in [5.74, 6) is -0.293. The summed E-state index contributed by atoms with van der Waals surface area (Å²) >= 11 is 0. The summed E-state index contributed by atoms with van der Waals surface area (Å²) in [6.07, 6.45) is 0.587. The highest BCUT2D eigenvalue weighted by Crippen LogP contribution is 2.15. The fourth-order valence-electron chi connectivity index (χ4n) is 1.28. The molecule has 1 rings (SSSR count). The second kappa shape index (κ2) is 5.39. The lowest BCUT2D eigenvalue weighted by atomic mass is 10.2. The van der Waals surface area contributed by atoms with Crippen LogP contribution in [0.1, 0.15) is 25.3 Å². The van der Waals surface area contributed by atoms with Crippen molar-refractivity contribution in [2.24, 2.45) is 0 Å². The molecular formula is C12H16O3. The molecule has 0 saturated carbocycles. The minimum Gasteiger partial charge on any atom is -0.479 e. The minimum atomic E-state index is -0.905. The first kappa shape index (κ1) is 11.6. The molecule has 1 aromatic rings. The molecule has 0 radical (unpaired) electrons. The molecule has 82 valence electrons. The van der Waals surface area contributed by atoms with Crippen molar-refractivity contribution in [2.75, 3.05) is 0 Å². The van der Waals surface area contributed by atoms with E-state index in [9.17, 15) is 4.79 Å². The van der Waals surface area contributed by atoms with Crippen LogP contribution in [0.25, 0.3) is 0 Å². The molecule has 0 amide bonds. The second-order valence-corrected chi connectivity index (χ2v) is 3.55. The maximum absolute atomic E-state index is 10.8. The number of rotatable bonds is 5. The summed E-state index contributed by atoms with van der Waals surface area (Å²) < 4.78 is 5.37. The van der Waals surface area contributed by atoms with Gasteiger partial charge in [0.2, 0.25) is 0 Å². The molecule has 0 heterocycles. The molecule has 1 unspecified atom stereocenters. The van der Waals surface area contributed by atoms with Gasteiger partial charge in [-0.3, -0.25) is 0 Å². The van der Waals surface area contributed by atoms with E-state index < -0.39 is 12.1 Å². The van der Waals surface area contributed by atoms with Gasteiger partial charge in [-0.05, 0) is 25.5 Å². The van der Waals surface area contributed by atoms with Gasteiger partial charge in [-0.1, -0.05) is 31.0 Å². The third kappa shape index (κ3) is 3.62. The van der Waals surface area contributed by atoms with Gasteiger partial charge >= 0.3 is 5.97 Å². The van der Waals surface area contributed by atoms with Gasteiger partial charge < -0.3 is 9.84 Å². The maximum Gasteiger partial charge on any atom is 0.344 e. The van der Waals surface area contributed by atoms with Crippen molar-refractivity contribution in [3.05, 3.63) is 29.8 Å². The zero-order chi connectivity index (χ0) is 11.3. The van der Waals surface area contributed by atoms with Gasteiger partial charge in [0.1, 0.15) is 5.75 Å². The Bertz CT molecular complexity index is 316. The molecule has 3 heteroatoms. The molecule has 1 aromatic carbocycles. The Morgan fingerprint density at radius 2 is 2.00 bits per heavy atom. The van der Waals surface area contributed by atoms with Crippen LogP contribution in [0.15, 0.2) is 24.3 Å². The van der Waals surface area contributed by atoms with Gasteiger partial charge in [0.25, 0.3) is 0 Å². The van der Waals surface area contributed by atoms with Gasteiger partial charge in [-0.15, -0.1) is 0 Å². The number of hydrogen-bond acceptors (Lipinski definition) is 2. The topological polar surface area (TPSA) is 46.5 Å². The number of carboxylic acid groups (broad SMARTS) is 1. The molecule has 0 spiro atoms. The molecule has 0 aliphatic rings. The summed E-state index contributed by atoms with van der Waals surface area (Å²) in [4.78, 5) is 10.8. The average Bonchev–Trinajstić information content (AvgIpc) is 2.20. The smallest absolute Gasteiger partial charge is 0.344 e. The Morgan fingerprint density at radius 1 is 1.40 bits per heavy atom. The monoisotopic (exact) mass is 208 g/mol. The van der Waals surface area contributed by atoms with Gasteiger partial charge in [-0.25, -0.2) is 4.79 Å². The Labute approximate surface area is 89.7 Å². The molecule has 3 nitrogen and oxygen atoms in total. The number of carboxylic acids is 1. The molecular weight excluding hydrogens is 192 g/mol. The van der Waals surface area contributed by atoms with E-state index in [1.807, 2.05) is 26.0 Å². The highest BCUT2D eigenvalue weighted by atomic mass is 16.5. The zero-order valence-electron chi connectivity index (χ0n) is 9.06. The number of carbonyl (C=O) groups is 1. The van der Waals surface area contributed by atoms with E-state index in [1.165, 1.54) is 0 Å². The Morgan fingerprint density at radius 3 is 2.47 bits per heavy atom. The zero-order valence-corrected chi connectivity index (χ0v) is 9.06. The third-order valence-corrected chi connectivity index (χ3v) is 2.13. The van der Waals surface area contributed by atoms with E-state index in [0.717, 1.165) is 12.0 Å². The van der Waals surface area contributed by atoms with Crippen LogP contribution in [0.3, 0.4) is 0 Å². The van der Waals surface area contributed by atoms with Crippen LogP contribution in [0.4, 0.5) is 0 Å². The van der Waals surface area contributed by atoms with E-state index in [1.54, 1.807) is 12.1 Å². The molecule has 0 saturated heterocycles. The highest BCUT2D eigenvalue weighted by Gasteiger charge is 2.17. The lowest BCUT2D eigenvalue weighted by molar-refractivity contribution is -0.145. The van der Waals surface area contributed by atoms with Gasteiger partial charge in [0.15, 0.2) is 6.10 Å². The molecule has 0 bridgehead atoms. The summed E-state index contributed by atoms with van der Waals surface area (Å²) in [5.41, 5.74) is 1.13. The second-order valence-electron chi connectivity index (χ2n) is 3.55. The van der Waals surface area contributed by atoms with Gasteiger partial charge in [-0.2, -0.15) is 0 Å². The quantitative estimate of drug-likeness (QED) is 0.809. The normalized spacial score (nSPS) is 12.1. The lowest BCUT2D eigenvalue weighted by Gasteiger charge is -2.14. The Balaban J connectivity index is 2.65. The molecule has 1 atom stereocenters. The Kier molecular flexibility index (Phi) is 4.16. The first-order valence-electron chi connectivity index (χ1n) is 5.09. The Hall–Kier alpha value is -1.51. The largest absolute Gasteiger partial charge is 0.479 e. The maximum atomic E-state index is 10.8. The van der Waals surface area contributed by atoms with Crippen molar-refractivity contribution in [3.63, 3.8) is 0 Å². The average molecular weight is 208 g/mol. The SMILES string of the molecule is CCCC(Oc1ccc(C)cc1)C(=O)O. The molecule has 0 aromatic heterocycles. The fraction of sp³-hybridized carbons (Fsp3) is 0.417. The third-order valence-electron chi connectivity index (χ3n) is 2.13. The van der Waals surface area contributed by atoms with Crippen LogP contribution >= 0.6 is 0 Å². The van der Waals surface area contributed by atoms with Crippen LogP contribution in [0, 0.1) is 6.92 Å².